The number of rotatable bonds is 8. The first kappa shape index (κ1) is 21.4. The molecule has 0 atom stereocenters. The summed E-state index contributed by atoms with van der Waals surface area (Å²) >= 11 is 0. The fourth-order valence-electron chi connectivity index (χ4n) is 3.35. The molecule has 0 saturated heterocycles. The summed E-state index contributed by atoms with van der Waals surface area (Å²) in [5, 5.41) is 9.33. The standard InChI is InChI=1S/C24H31N5O/c1-3-26-24(27-14-13-19-7-6-8-21(17-19)23(30)25-2)28-18-20-9-11-22(12-10-20)29-15-4-5-16-29/h4-12,17H,3,13-16,18H2,1-2H3,(H,25,30)(H2,26,27,28). The number of aliphatic imine (C=N–C) groups is 1. The highest BCUT2D eigenvalue weighted by Gasteiger charge is 2.07. The quantitative estimate of drug-likeness (QED) is 0.359. The fourth-order valence-corrected chi connectivity index (χ4v) is 3.35. The highest BCUT2D eigenvalue weighted by atomic mass is 16.1. The lowest BCUT2D eigenvalue weighted by Crippen LogP contribution is -2.38. The summed E-state index contributed by atoms with van der Waals surface area (Å²) in [6, 6.07) is 16.3. The largest absolute Gasteiger partial charge is 0.364 e. The molecule has 30 heavy (non-hydrogen) atoms. The van der Waals surface area contributed by atoms with Crippen LogP contribution in [0.25, 0.3) is 0 Å². The molecule has 1 amide bonds. The molecule has 0 spiro atoms. The smallest absolute Gasteiger partial charge is 0.251 e. The van der Waals surface area contributed by atoms with Gasteiger partial charge in [-0.25, -0.2) is 4.99 Å². The molecule has 0 saturated carbocycles. The van der Waals surface area contributed by atoms with Crippen LogP contribution in [0.5, 0.6) is 0 Å². The van der Waals surface area contributed by atoms with Gasteiger partial charge >= 0.3 is 0 Å². The highest BCUT2D eigenvalue weighted by molar-refractivity contribution is 5.94. The van der Waals surface area contributed by atoms with Gasteiger partial charge in [-0.15, -0.1) is 0 Å². The minimum absolute atomic E-state index is 0.0632. The van der Waals surface area contributed by atoms with Gasteiger partial charge in [0.2, 0.25) is 0 Å². The zero-order valence-corrected chi connectivity index (χ0v) is 17.8. The molecule has 0 radical (unpaired) electrons. The number of hydrogen-bond acceptors (Lipinski definition) is 3. The van der Waals surface area contributed by atoms with Crippen molar-refractivity contribution in [2.75, 3.05) is 38.1 Å². The first-order chi connectivity index (χ1) is 14.7. The number of benzene rings is 2. The Bertz CT molecular complexity index is 881. The van der Waals surface area contributed by atoms with Crippen LogP contribution in [0.4, 0.5) is 5.69 Å². The number of carbonyl (C=O) groups excluding carboxylic acids is 1. The lowest BCUT2D eigenvalue weighted by molar-refractivity contribution is 0.0963. The van der Waals surface area contributed by atoms with E-state index in [2.05, 4.69) is 64.2 Å². The number of hydrogen-bond donors (Lipinski definition) is 3. The van der Waals surface area contributed by atoms with Crippen molar-refractivity contribution in [3.63, 3.8) is 0 Å². The second kappa shape index (κ2) is 11.0. The van der Waals surface area contributed by atoms with Gasteiger partial charge in [0.1, 0.15) is 0 Å². The van der Waals surface area contributed by atoms with E-state index in [1.165, 1.54) is 11.3 Å². The van der Waals surface area contributed by atoms with Crippen LogP contribution in [0.15, 0.2) is 65.7 Å². The second-order valence-electron chi connectivity index (χ2n) is 7.19. The third-order valence-electron chi connectivity index (χ3n) is 5.01. The molecule has 1 heterocycles. The molecule has 1 aliphatic heterocycles. The van der Waals surface area contributed by atoms with E-state index in [1.807, 2.05) is 24.3 Å². The Morgan fingerprint density at radius 2 is 1.80 bits per heavy atom. The number of anilines is 1. The molecular formula is C24H31N5O. The van der Waals surface area contributed by atoms with Gasteiger partial charge in [-0.1, -0.05) is 36.4 Å². The molecule has 0 unspecified atom stereocenters. The minimum atomic E-state index is -0.0632. The molecule has 2 aromatic rings. The van der Waals surface area contributed by atoms with Gasteiger partial charge in [-0.2, -0.15) is 0 Å². The molecular weight excluding hydrogens is 374 g/mol. The van der Waals surface area contributed by atoms with E-state index >= 15 is 0 Å². The predicted octanol–water partition coefficient (Wildman–Crippen LogP) is 2.72. The number of nitrogens with one attached hydrogen (secondary N) is 3. The van der Waals surface area contributed by atoms with Crippen LogP contribution in [0, 0.1) is 0 Å². The van der Waals surface area contributed by atoms with Crippen molar-refractivity contribution in [3.05, 3.63) is 77.4 Å². The van der Waals surface area contributed by atoms with Crippen molar-refractivity contribution in [1.29, 1.82) is 0 Å². The van der Waals surface area contributed by atoms with E-state index in [0.29, 0.717) is 12.1 Å². The van der Waals surface area contributed by atoms with Crippen molar-refractivity contribution in [3.8, 4) is 0 Å². The summed E-state index contributed by atoms with van der Waals surface area (Å²) in [7, 11) is 1.65. The molecule has 6 heteroatoms. The van der Waals surface area contributed by atoms with E-state index in [0.717, 1.165) is 44.1 Å². The SMILES string of the molecule is CCNC(=NCc1ccc(N2CC=CC2)cc1)NCCc1cccc(C(=O)NC)c1. The first-order valence-corrected chi connectivity index (χ1v) is 10.5. The molecule has 0 aromatic heterocycles. The Labute approximate surface area is 179 Å². The fraction of sp³-hybridized carbons (Fsp3) is 0.333. The van der Waals surface area contributed by atoms with Gasteiger partial charge < -0.3 is 20.9 Å². The average Bonchev–Trinajstić information content (AvgIpc) is 3.32. The van der Waals surface area contributed by atoms with Crippen molar-refractivity contribution >= 4 is 17.6 Å². The summed E-state index contributed by atoms with van der Waals surface area (Å²) in [5.41, 5.74) is 4.23. The van der Waals surface area contributed by atoms with Crippen LogP contribution in [0.3, 0.4) is 0 Å². The third kappa shape index (κ3) is 6.11. The summed E-state index contributed by atoms with van der Waals surface area (Å²) in [5.74, 6) is 0.736. The average molecular weight is 406 g/mol. The number of nitrogens with zero attached hydrogens (tertiary/aromatic N) is 2. The molecule has 3 N–H and O–H groups in total. The van der Waals surface area contributed by atoms with Gasteiger partial charge in [0.15, 0.2) is 5.96 Å². The molecule has 158 valence electrons. The first-order valence-electron chi connectivity index (χ1n) is 10.5. The molecule has 0 fully saturated rings. The maximum absolute atomic E-state index is 11.8. The number of carbonyl (C=O) groups is 1. The van der Waals surface area contributed by atoms with Crippen molar-refractivity contribution < 1.29 is 4.79 Å². The van der Waals surface area contributed by atoms with Crippen molar-refractivity contribution in [2.24, 2.45) is 4.99 Å². The molecule has 1 aliphatic rings. The Morgan fingerprint density at radius 3 is 2.50 bits per heavy atom. The second-order valence-corrected chi connectivity index (χ2v) is 7.19. The molecule has 6 nitrogen and oxygen atoms in total. The Hall–Kier alpha value is -3.28. The summed E-state index contributed by atoms with van der Waals surface area (Å²) in [6.07, 6.45) is 5.20. The van der Waals surface area contributed by atoms with Crippen LogP contribution in [0.1, 0.15) is 28.4 Å². The third-order valence-corrected chi connectivity index (χ3v) is 5.01. The van der Waals surface area contributed by atoms with Gasteiger partial charge in [-0.3, -0.25) is 4.79 Å². The van der Waals surface area contributed by atoms with Crippen LogP contribution < -0.4 is 20.9 Å². The monoisotopic (exact) mass is 405 g/mol. The summed E-state index contributed by atoms with van der Waals surface area (Å²) < 4.78 is 0. The van der Waals surface area contributed by atoms with Crippen LogP contribution in [-0.2, 0) is 13.0 Å². The van der Waals surface area contributed by atoms with Crippen LogP contribution in [0.2, 0.25) is 0 Å². The van der Waals surface area contributed by atoms with Gasteiger partial charge in [0.25, 0.3) is 5.91 Å². The summed E-state index contributed by atoms with van der Waals surface area (Å²) in [6.45, 7) is 6.20. The van der Waals surface area contributed by atoms with E-state index in [-0.39, 0.29) is 5.91 Å². The van der Waals surface area contributed by atoms with Crippen LogP contribution >= 0.6 is 0 Å². The van der Waals surface area contributed by atoms with Gasteiger partial charge in [-0.05, 0) is 48.7 Å². The lowest BCUT2D eigenvalue weighted by Gasteiger charge is -2.17. The molecule has 2 aromatic carbocycles. The normalized spacial score (nSPS) is 13.4. The maximum atomic E-state index is 11.8. The van der Waals surface area contributed by atoms with Crippen LogP contribution in [-0.4, -0.2) is 45.1 Å². The molecule has 0 aliphatic carbocycles. The molecule has 3 rings (SSSR count). The van der Waals surface area contributed by atoms with E-state index in [4.69, 9.17) is 4.99 Å². The van der Waals surface area contributed by atoms with E-state index < -0.39 is 0 Å². The number of amides is 1. The van der Waals surface area contributed by atoms with Gasteiger partial charge in [0, 0.05) is 44.5 Å². The number of guanidine groups is 1. The topological polar surface area (TPSA) is 68.8 Å². The minimum Gasteiger partial charge on any atom is -0.364 e. The zero-order chi connectivity index (χ0) is 21.2. The Balaban J connectivity index is 1.52. The zero-order valence-electron chi connectivity index (χ0n) is 17.8. The lowest BCUT2D eigenvalue weighted by atomic mass is 10.1. The highest BCUT2D eigenvalue weighted by Crippen LogP contribution is 2.17. The van der Waals surface area contributed by atoms with E-state index in [1.54, 1.807) is 7.05 Å². The Morgan fingerprint density at radius 1 is 1.03 bits per heavy atom. The predicted molar refractivity (Wildman–Crippen MR) is 124 cm³/mol. The van der Waals surface area contributed by atoms with E-state index in [9.17, 15) is 4.79 Å². The van der Waals surface area contributed by atoms with Crippen molar-refractivity contribution in [2.45, 2.75) is 19.9 Å². The van der Waals surface area contributed by atoms with Gasteiger partial charge in [0.05, 0.1) is 6.54 Å². The molecule has 0 bridgehead atoms. The Kier molecular flexibility index (Phi) is 7.89. The van der Waals surface area contributed by atoms with Crippen molar-refractivity contribution in [1.82, 2.24) is 16.0 Å². The summed E-state index contributed by atoms with van der Waals surface area (Å²) in [4.78, 5) is 18.8. The maximum Gasteiger partial charge on any atom is 0.251 e.